The van der Waals surface area contributed by atoms with Crippen molar-refractivity contribution in [2.45, 2.75) is 26.3 Å². The number of hydrogen-bond donors (Lipinski definition) is 2. The molecule has 9 heteroatoms. The van der Waals surface area contributed by atoms with E-state index in [0.717, 1.165) is 12.6 Å². The third kappa shape index (κ3) is 6.01. The number of rotatable bonds is 5. The minimum atomic E-state index is -0.585. The van der Waals surface area contributed by atoms with Gasteiger partial charge in [-0.25, -0.2) is 9.37 Å². The first kappa shape index (κ1) is 23.8. The summed E-state index contributed by atoms with van der Waals surface area (Å²) >= 11 is 5.79. The molecular formula is C21H23Cl2FN4O2. The van der Waals surface area contributed by atoms with Crippen LogP contribution in [0.5, 0.6) is 0 Å². The van der Waals surface area contributed by atoms with Gasteiger partial charge in [-0.3, -0.25) is 14.5 Å². The second-order valence-corrected chi connectivity index (χ2v) is 7.46. The lowest BCUT2D eigenvalue weighted by molar-refractivity contribution is -0.113. The molecule has 0 atom stereocenters. The molecule has 0 unspecified atom stereocenters. The van der Waals surface area contributed by atoms with Crippen LogP contribution >= 0.6 is 24.0 Å². The molecule has 2 amide bonds. The van der Waals surface area contributed by atoms with Gasteiger partial charge in [-0.1, -0.05) is 17.7 Å². The number of carbonyl (C=O) groups is 2. The highest BCUT2D eigenvalue weighted by atomic mass is 35.5. The van der Waals surface area contributed by atoms with Crippen molar-refractivity contribution >= 4 is 47.3 Å². The van der Waals surface area contributed by atoms with Crippen LogP contribution in [-0.2, 0) is 4.79 Å². The van der Waals surface area contributed by atoms with Crippen molar-refractivity contribution in [3.8, 4) is 0 Å². The van der Waals surface area contributed by atoms with Crippen LogP contribution in [0.15, 0.2) is 48.2 Å². The lowest BCUT2D eigenvalue weighted by Crippen LogP contribution is -2.36. The Labute approximate surface area is 185 Å². The number of nitrogens with zero attached hydrogens (tertiary/aromatic N) is 2. The lowest BCUT2D eigenvalue weighted by atomic mass is 10.1. The Morgan fingerprint density at radius 1 is 1.17 bits per heavy atom. The van der Waals surface area contributed by atoms with E-state index in [2.05, 4.69) is 34.4 Å². The predicted octanol–water partition coefficient (Wildman–Crippen LogP) is 4.53. The van der Waals surface area contributed by atoms with E-state index in [-0.39, 0.29) is 35.4 Å². The monoisotopic (exact) mass is 452 g/mol. The number of carbonyl (C=O) groups excluding carboxylic acids is 2. The molecule has 160 valence electrons. The summed E-state index contributed by atoms with van der Waals surface area (Å²) in [6.07, 6.45) is 3.89. The van der Waals surface area contributed by atoms with E-state index in [1.807, 2.05) is 6.08 Å². The van der Waals surface area contributed by atoms with Crippen LogP contribution in [-0.4, -0.2) is 40.8 Å². The fraction of sp³-hybridized carbons (Fsp3) is 0.286. The van der Waals surface area contributed by atoms with E-state index in [9.17, 15) is 14.0 Å². The van der Waals surface area contributed by atoms with Gasteiger partial charge in [0.2, 0.25) is 0 Å². The molecule has 0 bridgehead atoms. The minimum Gasteiger partial charge on any atom is -0.322 e. The molecule has 2 heterocycles. The molecule has 0 spiro atoms. The Morgan fingerprint density at radius 2 is 1.93 bits per heavy atom. The van der Waals surface area contributed by atoms with Crippen LogP contribution < -0.4 is 10.6 Å². The summed E-state index contributed by atoms with van der Waals surface area (Å²) in [6, 6.07) is 7.17. The van der Waals surface area contributed by atoms with Gasteiger partial charge in [-0.15, -0.1) is 12.4 Å². The van der Waals surface area contributed by atoms with E-state index in [4.69, 9.17) is 11.6 Å². The third-order valence-electron chi connectivity index (χ3n) is 4.71. The highest BCUT2D eigenvalue weighted by molar-refractivity contribution is 6.30. The average molecular weight is 453 g/mol. The van der Waals surface area contributed by atoms with Gasteiger partial charge in [0.25, 0.3) is 11.8 Å². The van der Waals surface area contributed by atoms with Crippen molar-refractivity contribution in [1.29, 1.82) is 0 Å². The van der Waals surface area contributed by atoms with Gasteiger partial charge in [0.1, 0.15) is 11.6 Å². The Hall–Kier alpha value is -2.48. The molecule has 2 aromatic rings. The van der Waals surface area contributed by atoms with E-state index in [1.54, 1.807) is 6.07 Å². The van der Waals surface area contributed by atoms with Gasteiger partial charge < -0.3 is 10.6 Å². The van der Waals surface area contributed by atoms with E-state index >= 15 is 0 Å². The highest BCUT2D eigenvalue weighted by Gasteiger charge is 2.21. The number of amides is 2. The van der Waals surface area contributed by atoms with Crippen LogP contribution in [0.1, 0.15) is 30.6 Å². The van der Waals surface area contributed by atoms with Crippen molar-refractivity contribution in [1.82, 2.24) is 9.88 Å². The van der Waals surface area contributed by atoms with Gasteiger partial charge in [-0.05, 0) is 50.6 Å². The van der Waals surface area contributed by atoms with E-state index in [1.165, 1.54) is 24.4 Å². The number of anilines is 2. The summed E-state index contributed by atoms with van der Waals surface area (Å²) in [5, 5.41) is 5.74. The zero-order valence-corrected chi connectivity index (χ0v) is 18.2. The summed E-state index contributed by atoms with van der Waals surface area (Å²) in [4.78, 5) is 31.5. The molecule has 3 rings (SSSR count). The largest absolute Gasteiger partial charge is 0.322 e. The van der Waals surface area contributed by atoms with E-state index < -0.39 is 11.7 Å². The minimum absolute atomic E-state index is 0. The van der Waals surface area contributed by atoms with Crippen molar-refractivity contribution < 1.29 is 14.0 Å². The van der Waals surface area contributed by atoms with Crippen molar-refractivity contribution in [3.63, 3.8) is 0 Å². The molecule has 0 saturated carbocycles. The summed E-state index contributed by atoms with van der Waals surface area (Å²) in [6.45, 7) is 5.70. The van der Waals surface area contributed by atoms with Crippen LogP contribution in [0.3, 0.4) is 0 Å². The fourth-order valence-electron chi connectivity index (χ4n) is 3.01. The predicted molar refractivity (Wildman–Crippen MR) is 119 cm³/mol. The molecule has 6 nitrogen and oxygen atoms in total. The Kier molecular flexibility index (Phi) is 8.34. The molecule has 1 aromatic heterocycles. The number of benzene rings is 1. The molecule has 1 aliphatic rings. The first-order valence-corrected chi connectivity index (χ1v) is 9.68. The van der Waals surface area contributed by atoms with Crippen LogP contribution in [0.25, 0.3) is 0 Å². The summed E-state index contributed by atoms with van der Waals surface area (Å²) in [5.74, 6) is -1.19. The highest BCUT2D eigenvalue weighted by Crippen LogP contribution is 2.21. The average Bonchev–Trinajstić information content (AvgIpc) is 2.71. The van der Waals surface area contributed by atoms with Gasteiger partial charge in [0.15, 0.2) is 0 Å². The van der Waals surface area contributed by atoms with E-state index in [0.29, 0.717) is 29.6 Å². The molecule has 0 aliphatic carbocycles. The zero-order chi connectivity index (χ0) is 21.0. The number of hydrogen-bond acceptors (Lipinski definition) is 4. The Balaban J connectivity index is 0.00000320. The van der Waals surface area contributed by atoms with Gasteiger partial charge >= 0.3 is 0 Å². The molecule has 0 fully saturated rings. The molecule has 0 radical (unpaired) electrons. The van der Waals surface area contributed by atoms with Gasteiger partial charge in [0.05, 0.1) is 16.3 Å². The molecule has 30 heavy (non-hydrogen) atoms. The summed E-state index contributed by atoms with van der Waals surface area (Å²) < 4.78 is 13.8. The number of aromatic nitrogens is 1. The van der Waals surface area contributed by atoms with Crippen molar-refractivity contribution in [2.24, 2.45) is 0 Å². The van der Waals surface area contributed by atoms with Crippen LogP contribution in [0.2, 0.25) is 5.02 Å². The van der Waals surface area contributed by atoms with Crippen molar-refractivity contribution in [2.75, 3.05) is 23.7 Å². The smallest absolute Gasteiger partial charge is 0.259 e. The van der Waals surface area contributed by atoms with Gasteiger partial charge in [-0.2, -0.15) is 0 Å². The quantitative estimate of drug-likeness (QED) is 0.698. The van der Waals surface area contributed by atoms with Crippen LogP contribution in [0, 0.1) is 5.82 Å². The van der Waals surface area contributed by atoms with Gasteiger partial charge in [0, 0.05) is 30.9 Å². The maximum Gasteiger partial charge on any atom is 0.259 e. The standard InChI is InChI=1S/C21H22ClFN4O2.ClH/c1-13(2)27-9-7-14(8-10-27)20(28)25-18-5-4-16(23)11-17(18)21(29)26-19-6-3-15(22)12-24-19;/h3-7,11-13H,8-10H2,1-2H3,(H,25,28)(H,24,26,29);1H. The second kappa shape index (κ2) is 10.5. The first-order valence-electron chi connectivity index (χ1n) is 9.30. The molecule has 1 aromatic carbocycles. The van der Waals surface area contributed by atoms with Crippen molar-refractivity contribution in [3.05, 3.63) is 64.6 Å². The maximum atomic E-state index is 13.8. The Bertz CT molecular complexity index is 949. The summed E-state index contributed by atoms with van der Waals surface area (Å²) in [7, 11) is 0. The second-order valence-electron chi connectivity index (χ2n) is 7.03. The third-order valence-corrected chi connectivity index (χ3v) is 4.93. The fourth-order valence-corrected chi connectivity index (χ4v) is 3.12. The SMILES string of the molecule is CC(C)N1CC=C(C(=O)Nc2ccc(F)cc2C(=O)Nc2ccc(Cl)cn2)CC1.Cl. The molecule has 2 N–H and O–H groups in total. The summed E-state index contributed by atoms with van der Waals surface area (Å²) in [5.41, 5.74) is 0.891. The normalized spacial score (nSPS) is 14.0. The number of nitrogens with one attached hydrogen (secondary N) is 2. The first-order chi connectivity index (χ1) is 13.8. The maximum absolute atomic E-state index is 13.8. The molecular weight excluding hydrogens is 430 g/mol. The molecule has 1 aliphatic heterocycles. The number of halogens is 3. The van der Waals surface area contributed by atoms with Crippen LogP contribution in [0.4, 0.5) is 15.9 Å². The molecule has 0 saturated heterocycles. The topological polar surface area (TPSA) is 74.3 Å². The number of pyridine rings is 1. The zero-order valence-electron chi connectivity index (χ0n) is 16.6. The Morgan fingerprint density at radius 3 is 2.53 bits per heavy atom. The lowest BCUT2D eigenvalue weighted by Gasteiger charge is -2.29.